The van der Waals surface area contributed by atoms with E-state index in [0.29, 0.717) is 37.6 Å². The van der Waals surface area contributed by atoms with Gasteiger partial charge in [0.05, 0.1) is 0 Å². The minimum atomic E-state index is -3.44. The summed E-state index contributed by atoms with van der Waals surface area (Å²) in [6.07, 6.45) is 2.31. The van der Waals surface area contributed by atoms with E-state index < -0.39 is 10.0 Å². The highest BCUT2D eigenvalue weighted by Crippen LogP contribution is 2.18. The van der Waals surface area contributed by atoms with Crippen LogP contribution >= 0.6 is 0 Å². The molecule has 6 nitrogen and oxygen atoms in total. The molecule has 0 bridgehead atoms. The first-order chi connectivity index (χ1) is 8.97. The molecule has 0 amide bonds. The van der Waals surface area contributed by atoms with E-state index in [1.807, 2.05) is 11.5 Å². The Morgan fingerprint density at radius 2 is 2.16 bits per heavy atom. The van der Waals surface area contributed by atoms with Gasteiger partial charge in [-0.2, -0.15) is 0 Å². The Hall–Kier alpha value is -0.890. The normalized spacial score (nSPS) is 12.3. The Morgan fingerprint density at radius 1 is 1.47 bits per heavy atom. The van der Waals surface area contributed by atoms with E-state index in [1.54, 1.807) is 26.4 Å². The minimum absolute atomic E-state index is 0.301. The molecule has 2 N–H and O–H groups in total. The molecule has 1 aromatic rings. The number of nitrogens with two attached hydrogens (primary N) is 1. The Bertz CT molecular complexity index is 475. The molecule has 0 aromatic carbocycles. The van der Waals surface area contributed by atoms with Gasteiger partial charge in [0.2, 0.25) is 10.0 Å². The Balaban J connectivity index is 2.90. The summed E-state index contributed by atoms with van der Waals surface area (Å²) in [4.78, 5) is 0.301. The first kappa shape index (κ1) is 16.2. The lowest BCUT2D eigenvalue weighted by molar-refractivity contribution is 0.189. The van der Waals surface area contributed by atoms with Crippen LogP contribution in [0.25, 0.3) is 0 Å². The Morgan fingerprint density at radius 3 is 2.63 bits per heavy atom. The number of rotatable bonds is 8. The second-order valence-corrected chi connectivity index (χ2v) is 6.38. The first-order valence-electron chi connectivity index (χ1n) is 6.31. The molecule has 0 radical (unpaired) electrons. The molecule has 7 heteroatoms. The average Bonchev–Trinajstić information content (AvgIpc) is 2.82. The maximum Gasteiger partial charge on any atom is 0.244 e. The molecule has 0 aliphatic heterocycles. The van der Waals surface area contributed by atoms with Gasteiger partial charge in [-0.15, -0.1) is 0 Å². The third kappa shape index (κ3) is 3.79. The second-order valence-electron chi connectivity index (χ2n) is 4.33. The summed E-state index contributed by atoms with van der Waals surface area (Å²) in [5.74, 6) is 0. The van der Waals surface area contributed by atoms with Crippen molar-refractivity contribution in [2.24, 2.45) is 5.73 Å². The molecule has 19 heavy (non-hydrogen) atoms. The van der Waals surface area contributed by atoms with Crippen molar-refractivity contribution >= 4 is 10.0 Å². The van der Waals surface area contributed by atoms with Crippen LogP contribution in [0.5, 0.6) is 0 Å². The lowest BCUT2D eigenvalue weighted by atomic mass is 10.4. The van der Waals surface area contributed by atoms with E-state index in [4.69, 9.17) is 10.5 Å². The zero-order valence-electron chi connectivity index (χ0n) is 11.8. The van der Waals surface area contributed by atoms with Crippen molar-refractivity contribution in [2.75, 3.05) is 27.3 Å². The summed E-state index contributed by atoms with van der Waals surface area (Å²) < 4.78 is 32.8. The number of hydrogen-bond acceptors (Lipinski definition) is 4. The lowest BCUT2D eigenvalue weighted by Crippen LogP contribution is -2.28. The van der Waals surface area contributed by atoms with Gasteiger partial charge in [-0.25, -0.2) is 12.7 Å². The molecular formula is C12H23N3O3S. The van der Waals surface area contributed by atoms with Crippen LogP contribution in [0, 0.1) is 0 Å². The van der Waals surface area contributed by atoms with E-state index in [2.05, 4.69) is 0 Å². The van der Waals surface area contributed by atoms with Crippen molar-refractivity contribution in [3.63, 3.8) is 0 Å². The number of hydrogen-bond donors (Lipinski definition) is 1. The minimum Gasteiger partial charge on any atom is -0.385 e. The van der Waals surface area contributed by atoms with Crippen LogP contribution in [-0.4, -0.2) is 44.6 Å². The zero-order valence-corrected chi connectivity index (χ0v) is 12.6. The van der Waals surface area contributed by atoms with Crippen LogP contribution in [0.2, 0.25) is 0 Å². The van der Waals surface area contributed by atoms with Crippen molar-refractivity contribution in [3.8, 4) is 0 Å². The summed E-state index contributed by atoms with van der Waals surface area (Å²) in [6, 6.07) is 1.64. The van der Waals surface area contributed by atoms with Gasteiger partial charge < -0.3 is 15.0 Å². The SMILES string of the molecule is CCn1cc(S(=O)(=O)N(C)CCCOC)cc1CN. The summed E-state index contributed by atoms with van der Waals surface area (Å²) in [5, 5.41) is 0. The van der Waals surface area contributed by atoms with Crippen molar-refractivity contribution in [3.05, 3.63) is 18.0 Å². The number of aromatic nitrogens is 1. The lowest BCUT2D eigenvalue weighted by Gasteiger charge is -2.15. The van der Waals surface area contributed by atoms with Crippen LogP contribution in [0.3, 0.4) is 0 Å². The predicted molar refractivity (Wildman–Crippen MR) is 74.3 cm³/mol. The van der Waals surface area contributed by atoms with Crippen LogP contribution in [-0.2, 0) is 27.8 Å². The van der Waals surface area contributed by atoms with Gasteiger partial charge in [0, 0.05) is 52.3 Å². The van der Waals surface area contributed by atoms with Gasteiger partial charge in [-0.3, -0.25) is 0 Å². The third-order valence-corrected chi connectivity index (χ3v) is 4.86. The molecule has 1 rings (SSSR count). The first-order valence-corrected chi connectivity index (χ1v) is 7.75. The van der Waals surface area contributed by atoms with Crippen LogP contribution in [0.15, 0.2) is 17.2 Å². The third-order valence-electron chi connectivity index (χ3n) is 3.04. The molecule has 0 atom stereocenters. The van der Waals surface area contributed by atoms with Gasteiger partial charge in [0.25, 0.3) is 0 Å². The highest BCUT2D eigenvalue weighted by molar-refractivity contribution is 7.89. The van der Waals surface area contributed by atoms with Crippen LogP contribution in [0.4, 0.5) is 0 Å². The topological polar surface area (TPSA) is 77.6 Å². The maximum absolute atomic E-state index is 12.4. The van der Waals surface area contributed by atoms with E-state index in [9.17, 15) is 8.42 Å². The number of methoxy groups -OCH3 is 1. The summed E-state index contributed by atoms with van der Waals surface area (Å²) >= 11 is 0. The summed E-state index contributed by atoms with van der Waals surface area (Å²) in [6.45, 7) is 3.97. The quantitative estimate of drug-likeness (QED) is 0.712. The number of aryl methyl sites for hydroxylation is 1. The average molecular weight is 289 g/mol. The maximum atomic E-state index is 12.4. The van der Waals surface area contributed by atoms with Crippen molar-refractivity contribution in [1.29, 1.82) is 0 Å². The standard InChI is InChI=1S/C12H23N3O3S/c1-4-15-10-12(8-11(15)9-13)19(16,17)14(2)6-5-7-18-3/h8,10H,4-7,9,13H2,1-3H3. The van der Waals surface area contributed by atoms with Gasteiger partial charge >= 0.3 is 0 Å². The smallest absolute Gasteiger partial charge is 0.244 e. The molecule has 0 unspecified atom stereocenters. The Kier molecular flexibility index (Phi) is 5.99. The second kappa shape index (κ2) is 7.04. The van der Waals surface area contributed by atoms with E-state index in [1.165, 1.54) is 4.31 Å². The van der Waals surface area contributed by atoms with Gasteiger partial charge in [0.1, 0.15) is 4.90 Å². The highest BCUT2D eigenvalue weighted by Gasteiger charge is 2.22. The summed E-state index contributed by atoms with van der Waals surface area (Å²) in [7, 11) is -0.260. The number of nitrogens with zero attached hydrogens (tertiary/aromatic N) is 2. The molecule has 0 aliphatic carbocycles. The molecule has 0 fully saturated rings. The van der Waals surface area contributed by atoms with E-state index in [0.717, 1.165) is 5.69 Å². The molecule has 0 aliphatic rings. The van der Waals surface area contributed by atoms with E-state index >= 15 is 0 Å². The molecule has 1 aromatic heterocycles. The van der Waals surface area contributed by atoms with Crippen molar-refractivity contribution < 1.29 is 13.2 Å². The number of sulfonamides is 1. The Labute approximate surface area is 115 Å². The fourth-order valence-corrected chi connectivity index (χ4v) is 3.14. The summed E-state index contributed by atoms with van der Waals surface area (Å²) in [5.41, 5.74) is 6.44. The largest absolute Gasteiger partial charge is 0.385 e. The van der Waals surface area contributed by atoms with Crippen LogP contribution < -0.4 is 5.73 Å². The zero-order chi connectivity index (χ0) is 14.5. The van der Waals surface area contributed by atoms with Crippen molar-refractivity contribution in [2.45, 2.75) is 31.3 Å². The molecule has 0 spiro atoms. The monoisotopic (exact) mass is 289 g/mol. The van der Waals surface area contributed by atoms with Crippen molar-refractivity contribution in [1.82, 2.24) is 8.87 Å². The fourth-order valence-electron chi connectivity index (χ4n) is 1.86. The molecule has 110 valence electrons. The van der Waals surface area contributed by atoms with Crippen LogP contribution in [0.1, 0.15) is 19.0 Å². The highest BCUT2D eigenvalue weighted by atomic mass is 32.2. The van der Waals surface area contributed by atoms with Gasteiger partial charge in [-0.1, -0.05) is 0 Å². The molecule has 1 heterocycles. The number of ether oxygens (including phenoxy) is 1. The van der Waals surface area contributed by atoms with Gasteiger partial charge in [0.15, 0.2) is 0 Å². The molecule has 0 saturated carbocycles. The fraction of sp³-hybridized carbons (Fsp3) is 0.667. The predicted octanol–water partition coefficient (Wildman–Crippen LogP) is 0.624. The van der Waals surface area contributed by atoms with E-state index in [-0.39, 0.29) is 0 Å². The molecule has 0 saturated heterocycles. The molecular weight excluding hydrogens is 266 g/mol. The van der Waals surface area contributed by atoms with Gasteiger partial charge in [-0.05, 0) is 19.4 Å².